The number of likely N-dealkylation sites (tertiary alicyclic amines) is 1. The minimum Gasteiger partial charge on any atom is -0.395 e. The Kier molecular flexibility index (Phi) is 5.09. The van der Waals surface area contributed by atoms with Crippen LogP contribution in [0.2, 0.25) is 0 Å². The van der Waals surface area contributed by atoms with Gasteiger partial charge >= 0.3 is 0 Å². The molecule has 1 aliphatic rings. The lowest BCUT2D eigenvalue weighted by atomic mass is 10.2. The van der Waals surface area contributed by atoms with Crippen molar-refractivity contribution in [2.45, 2.75) is 18.9 Å². The van der Waals surface area contributed by atoms with Crippen molar-refractivity contribution in [1.29, 1.82) is 0 Å². The topological polar surface area (TPSA) is 81.7 Å². The molecule has 6 nitrogen and oxygen atoms in total. The number of rotatable bonds is 4. The molecule has 0 aromatic heterocycles. The number of hydrazine groups is 1. The van der Waals surface area contributed by atoms with Gasteiger partial charge in [0.1, 0.15) is 0 Å². The zero-order valence-corrected chi connectivity index (χ0v) is 11.2. The van der Waals surface area contributed by atoms with Crippen LogP contribution in [0.5, 0.6) is 0 Å². The lowest BCUT2D eigenvalue weighted by Gasteiger charge is -2.21. The Hall–Kier alpha value is -1.92. The van der Waals surface area contributed by atoms with E-state index in [-0.39, 0.29) is 31.0 Å². The molecule has 0 aliphatic carbocycles. The van der Waals surface area contributed by atoms with Crippen molar-refractivity contribution in [2.75, 3.05) is 19.7 Å². The predicted octanol–water partition coefficient (Wildman–Crippen LogP) is -0.0957. The van der Waals surface area contributed by atoms with Crippen LogP contribution in [0.4, 0.5) is 0 Å². The molecule has 6 heteroatoms. The first kappa shape index (κ1) is 14.5. The molecule has 0 saturated carbocycles. The van der Waals surface area contributed by atoms with Crippen molar-refractivity contribution in [3.8, 4) is 0 Å². The molecule has 1 fully saturated rings. The SMILES string of the molecule is O=C(CN1CCCC1CO)NNC(=O)c1ccccc1. The highest BCUT2D eigenvalue weighted by Gasteiger charge is 2.25. The summed E-state index contributed by atoms with van der Waals surface area (Å²) in [5, 5.41) is 9.17. The van der Waals surface area contributed by atoms with Gasteiger partial charge < -0.3 is 5.11 Å². The summed E-state index contributed by atoms with van der Waals surface area (Å²) in [7, 11) is 0. The van der Waals surface area contributed by atoms with Crippen molar-refractivity contribution in [3.05, 3.63) is 35.9 Å². The van der Waals surface area contributed by atoms with Gasteiger partial charge in [0.25, 0.3) is 11.8 Å². The molecule has 0 spiro atoms. The van der Waals surface area contributed by atoms with E-state index in [2.05, 4.69) is 10.9 Å². The molecule has 1 aromatic rings. The summed E-state index contributed by atoms with van der Waals surface area (Å²) in [6.07, 6.45) is 1.88. The van der Waals surface area contributed by atoms with E-state index in [1.807, 2.05) is 11.0 Å². The second kappa shape index (κ2) is 7.02. The second-order valence-electron chi connectivity index (χ2n) is 4.82. The molecular weight excluding hydrogens is 258 g/mol. The highest BCUT2D eigenvalue weighted by Crippen LogP contribution is 2.15. The first-order chi connectivity index (χ1) is 9.70. The van der Waals surface area contributed by atoms with E-state index in [9.17, 15) is 14.7 Å². The minimum absolute atomic E-state index is 0.0468. The quantitative estimate of drug-likeness (QED) is 0.672. The second-order valence-corrected chi connectivity index (χ2v) is 4.82. The average molecular weight is 277 g/mol. The molecule has 1 heterocycles. The predicted molar refractivity (Wildman–Crippen MR) is 73.7 cm³/mol. The number of amides is 2. The average Bonchev–Trinajstić information content (AvgIpc) is 2.92. The number of hydrogen-bond donors (Lipinski definition) is 3. The Morgan fingerprint density at radius 2 is 2.00 bits per heavy atom. The summed E-state index contributed by atoms with van der Waals surface area (Å²) >= 11 is 0. The van der Waals surface area contributed by atoms with Crippen LogP contribution in [0, 0.1) is 0 Å². The van der Waals surface area contributed by atoms with Gasteiger partial charge in [-0.3, -0.25) is 25.3 Å². The van der Waals surface area contributed by atoms with Crippen molar-refractivity contribution in [2.24, 2.45) is 0 Å². The summed E-state index contributed by atoms with van der Waals surface area (Å²) < 4.78 is 0. The zero-order valence-electron chi connectivity index (χ0n) is 11.2. The lowest BCUT2D eigenvalue weighted by Crippen LogP contribution is -2.47. The molecule has 2 rings (SSSR count). The standard InChI is InChI=1S/C14H19N3O3/c18-10-12-7-4-8-17(12)9-13(19)15-16-14(20)11-5-2-1-3-6-11/h1-3,5-6,12,18H,4,7-10H2,(H,15,19)(H,16,20). The molecule has 20 heavy (non-hydrogen) atoms. The monoisotopic (exact) mass is 277 g/mol. The Balaban J connectivity index is 1.76. The van der Waals surface area contributed by atoms with Crippen LogP contribution in [-0.2, 0) is 4.79 Å². The maximum absolute atomic E-state index is 11.7. The van der Waals surface area contributed by atoms with E-state index in [0.29, 0.717) is 5.56 Å². The van der Waals surface area contributed by atoms with Crippen LogP contribution in [0.25, 0.3) is 0 Å². The van der Waals surface area contributed by atoms with Gasteiger partial charge in [-0.1, -0.05) is 18.2 Å². The number of benzene rings is 1. The highest BCUT2D eigenvalue weighted by molar-refractivity contribution is 5.95. The smallest absolute Gasteiger partial charge is 0.269 e. The molecule has 1 unspecified atom stereocenters. The number of carbonyl (C=O) groups is 2. The third kappa shape index (κ3) is 3.79. The number of nitrogens with one attached hydrogen (secondary N) is 2. The molecule has 108 valence electrons. The van der Waals surface area contributed by atoms with Crippen molar-refractivity contribution >= 4 is 11.8 Å². The largest absolute Gasteiger partial charge is 0.395 e. The third-order valence-corrected chi connectivity index (χ3v) is 3.41. The molecular formula is C14H19N3O3. The molecule has 1 saturated heterocycles. The lowest BCUT2D eigenvalue weighted by molar-refractivity contribution is -0.123. The fraction of sp³-hybridized carbons (Fsp3) is 0.429. The Morgan fingerprint density at radius 3 is 2.70 bits per heavy atom. The Morgan fingerprint density at radius 1 is 1.25 bits per heavy atom. The van der Waals surface area contributed by atoms with E-state index in [4.69, 9.17) is 0 Å². The van der Waals surface area contributed by atoms with E-state index < -0.39 is 0 Å². The zero-order chi connectivity index (χ0) is 14.4. The maximum Gasteiger partial charge on any atom is 0.269 e. The molecule has 0 radical (unpaired) electrons. The first-order valence-corrected chi connectivity index (χ1v) is 6.70. The summed E-state index contributed by atoms with van der Waals surface area (Å²) in [4.78, 5) is 25.4. The molecule has 1 atom stereocenters. The van der Waals surface area contributed by atoms with Crippen LogP contribution in [0.3, 0.4) is 0 Å². The van der Waals surface area contributed by atoms with Gasteiger partial charge in [-0.25, -0.2) is 0 Å². The molecule has 2 amide bonds. The van der Waals surface area contributed by atoms with E-state index in [1.165, 1.54) is 0 Å². The van der Waals surface area contributed by atoms with Gasteiger partial charge in [0.2, 0.25) is 0 Å². The van der Waals surface area contributed by atoms with Gasteiger partial charge in [-0.05, 0) is 31.5 Å². The normalized spacial score (nSPS) is 18.8. The number of carbonyl (C=O) groups excluding carboxylic acids is 2. The molecule has 3 N–H and O–H groups in total. The fourth-order valence-corrected chi connectivity index (χ4v) is 2.32. The van der Waals surface area contributed by atoms with Gasteiger partial charge in [0.05, 0.1) is 13.2 Å². The van der Waals surface area contributed by atoms with Crippen molar-refractivity contribution in [1.82, 2.24) is 15.8 Å². The summed E-state index contributed by atoms with van der Waals surface area (Å²) in [5.41, 5.74) is 5.26. The first-order valence-electron chi connectivity index (χ1n) is 6.70. The number of aliphatic hydroxyl groups is 1. The summed E-state index contributed by atoms with van der Waals surface area (Å²) in [6, 6.07) is 8.72. The van der Waals surface area contributed by atoms with Crippen molar-refractivity contribution in [3.63, 3.8) is 0 Å². The van der Waals surface area contributed by atoms with Crippen LogP contribution in [0.1, 0.15) is 23.2 Å². The van der Waals surface area contributed by atoms with Crippen LogP contribution in [0.15, 0.2) is 30.3 Å². The Labute approximate surface area is 117 Å². The van der Waals surface area contributed by atoms with Crippen molar-refractivity contribution < 1.29 is 14.7 Å². The van der Waals surface area contributed by atoms with Crippen LogP contribution >= 0.6 is 0 Å². The van der Waals surface area contributed by atoms with Gasteiger partial charge in [0, 0.05) is 11.6 Å². The number of nitrogens with zero attached hydrogens (tertiary/aromatic N) is 1. The number of hydrogen-bond acceptors (Lipinski definition) is 4. The summed E-state index contributed by atoms with van der Waals surface area (Å²) in [6.45, 7) is 1.04. The third-order valence-electron chi connectivity index (χ3n) is 3.41. The van der Waals surface area contributed by atoms with E-state index >= 15 is 0 Å². The van der Waals surface area contributed by atoms with Crippen LogP contribution < -0.4 is 10.9 Å². The number of aliphatic hydroxyl groups excluding tert-OH is 1. The Bertz CT molecular complexity index is 464. The molecule has 0 bridgehead atoms. The molecule has 1 aromatic carbocycles. The van der Waals surface area contributed by atoms with E-state index in [1.54, 1.807) is 24.3 Å². The minimum atomic E-state index is -0.348. The summed E-state index contributed by atoms with van der Waals surface area (Å²) in [5.74, 6) is -0.631. The van der Waals surface area contributed by atoms with Gasteiger partial charge in [0.15, 0.2) is 0 Å². The van der Waals surface area contributed by atoms with Crippen LogP contribution in [-0.4, -0.2) is 47.6 Å². The highest BCUT2D eigenvalue weighted by atomic mass is 16.3. The van der Waals surface area contributed by atoms with Gasteiger partial charge in [-0.15, -0.1) is 0 Å². The van der Waals surface area contributed by atoms with Gasteiger partial charge in [-0.2, -0.15) is 0 Å². The fourth-order valence-electron chi connectivity index (χ4n) is 2.32. The van der Waals surface area contributed by atoms with E-state index in [0.717, 1.165) is 19.4 Å². The molecule has 1 aliphatic heterocycles. The maximum atomic E-state index is 11.7.